The van der Waals surface area contributed by atoms with Gasteiger partial charge < -0.3 is 10.1 Å². The number of methoxy groups -OCH3 is 1. The molecule has 0 aromatic heterocycles. The molecule has 1 fully saturated rings. The van der Waals surface area contributed by atoms with Gasteiger partial charge in [-0.25, -0.2) is 8.42 Å². The van der Waals surface area contributed by atoms with Crippen LogP contribution in [0.5, 0.6) is 0 Å². The molecule has 0 bridgehead atoms. The summed E-state index contributed by atoms with van der Waals surface area (Å²) in [6.07, 6.45) is 5.81. The van der Waals surface area contributed by atoms with Gasteiger partial charge >= 0.3 is 0 Å². The number of hydrogen-bond acceptors (Lipinski definition) is 4. The fraction of sp³-hybridized carbons (Fsp3) is 0.571. The maximum atomic E-state index is 11.2. The fourth-order valence-electron chi connectivity index (χ4n) is 2.57. The first kappa shape index (κ1) is 15.1. The van der Waals surface area contributed by atoms with E-state index in [0.717, 1.165) is 37.6 Å². The highest BCUT2D eigenvalue weighted by atomic mass is 32.2. The van der Waals surface area contributed by atoms with Crippen LogP contribution in [0.3, 0.4) is 0 Å². The van der Waals surface area contributed by atoms with Crippen molar-refractivity contribution in [1.29, 1.82) is 0 Å². The van der Waals surface area contributed by atoms with Gasteiger partial charge in [0.1, 0.15) is 0 Å². The van der Waals surface area contributed by atoms with Crippen molar-refractivity contribution in [2.75, 3.05) is 23.4 Å². The van der Waals surface area contributed by atoms with Crippen LogP contribution in [0.2, 0.25) is 0 Å². The summed E-state index contributed by atoms with van der Waals surface area (Å²) in [5.41, 5.74) is 1.53. The molecule has 0 radical (unpaired) electrons. The summed E-state index contributed by atoms with van der Waals surface area (Å²) in [4.78, 5) is 0. The Kier molecular flexibility index (Phi) is 4.88. The Morgan fingerprint density at radius 2 is 1.80 bits per heavy atom. The maximum absolute atomic E-state index is 11.2. The zero-order valence-electron chi connectivity index (χ0n) is 11.9. The largest absolute Gasteiger partial charge is 0.382 e. The summed E-state index contributed by atoms with van der Waals surface area (Å²) in [7, 11) is -1.47. The highest BCUT2D eigenvalue weighted by molar-refractivity contribution is 7.92. The summed E-state index contributed by atoms with van der Waals surface area (Å²) >= 11 is 0. The van der Waals surface area contributed by atoms with E-state index in [0.29, 0.717) is 17.8 Å². The molecular formula is C14H22N2O3S. The third-order valence-corrected chi connectivity index (χ3v) is 4.15. The minimum atomic E-state index is -3.23. The fourth-order valence-corrected chi connectivity index (χ4v) is 3.12. The van der Waals surface area contributed by atoms with Gasteiger partial charge in [-0.05, 0) is 43.9 Å². The van der Waals surface area contributed by atoms with E-state index in [1.54, 1.807) is 13.2 Å². The average molecular weight is 298 g/mol. The van der Waals surface area contributed by atoms with Crippen molar-refractivity contribution in [2.45, 2.75) is 37.8 Å². The Labute approximate surface area is 120 Å². The van der Waals surface area contributed by atoms with Crippen molar-refractivity contribution < 1.29 is 13.2 Å². The van der Waals surface area contributed by atoms with Crippen LogP contribution in [0.1, 0.15) is 25.7 Å². The number of anilines is 2. The van der Waals surface area contributed by atoms with Crippen LogP contribution in [-0.4, -0.2) is 33.9 Å². The van der Waals surface area contributed by atoms with E-state index in [4.69, 9.17) is 4.74 Å². The highest BCUT2D eigenvalue weighted by Crippen LogP contribution is 2.25. The van der Waals surface area contributed by atoms with E-state index in [-0.39, 0.29) is 0 Å². The Balaban J connectivity index is 1.95. The minimum absolute atomic E-state index is 0.381. The van der Waals surface area contributed by atoms with Crippen molar-refractivity contribution in [2.24, 2.45) is 0 Å². The van der Waals surface area contributed by atoms with Crippen molar-refractivity contribution in [1.82, 2.24) is 0 Å². The zero-order valence-corrected chi connectivity index (χ0v) is 12.7. The molecule has 1 aromatic rings. The molecule has 20 heavy (non-hydrogen) atoms. The van der Waals surface area contributed by atoms with Crippen LogP contribution >= 0.6 is 0 Å². The summed E-state index contributed by atoms with van der Waals surface area (Å²) < 4.78 is 30.3. The maximum Gasteiger partial charge on any atom is 0.229 e. The molecule has 0 amide bonds. The third kappa shape index (κ3) is 4.68. The van der Waals surface area contributed by atoms with Gasteiger partial charge in [-0.1, -0.05) is 6.07 Å². The molecule has 0 atom stereocenters. The second-order valence-corrected chi connectivity index (χ2v) is 7.06. The Bertz CT molecular complexity index is 537. The predicted molar refractivity (Wildman–Crippen MR) is 81.6 cm³/mol. The molecule has 0 spiro atoms. The normalized spacial score (nSPS) is 23.3. The first-order chi connectivity index (χ1) is 9.46. The van der Waals surface area contributed by atoms with Crippen LogP contribution in [0.15, 0.2) is 24.3 Å². The molecule has 0 aliphatic heterocycles. The van der Waals surface area contributed by atoms with Crippen molar-refractivity contribution in [3.05, 3.63) is 24.3 Å². The summed E-state index contributed by atoms with van der Waals surface area (Å²) in [5.74, 6) is 0. The van der Waals surface area contributed by atoms with Crippen LogP contribution < -0.4 is 10.0 Å². The molecule has 0 saturated heterocycles. The summed E-state index contributed by atoms with van der Waals surface area (Å²) in [5, 5.41) is 3.46. The van der Waals surface area contributed by atoms with Crippen molar-refractivity contribution >= 4 is 21.4 Å². The average Bonchev–Trinajstić information content (AvgIpc) is 2.38. The summed E-state index contributed by atoms with van der Waals surface area (Å²) in [6.45, 7) is 0. The van der Waals surface area contributed by atoms with Gasteiger partial charge in [-0.2, -0.15) is 0 Å². The molecule has 0 heterocycles. The van der Waals surface area contributed by atoms with Crippen molar-refractivity contribution in [3.63, 3.8) is 0 Å². The van der Waals surface area contributed by atoms with Crippen LogP contribution in [0.4, 0.5) is 11.4 Å². The van der Waals surface area contributed by atoms with Crippen LogP contribution in [-0.2, 0) is 14.8 Å². The first-order valence-corrected chi connectivity index (χ1v) is 8.72. The predicted octanol–water partition coefficient (Wildman–Crippen LogP) is 2.43. The molecule has 1 aromatic carbocycles. The molecule has 0 unspecified atom stereocenters. The van der Waals surface area contributed by atoms with Crippen LogP contribution in [0.25, 0.3) is 0 Å². The number of rotatable bonds is 5. The summed E-state index contributed by atoms with van der Waals surface area (Å²) in [6, 6.07) is 7.79. The van der Waals surface area contributed by atoms with E-state index >= 15 is 0 Å². The quantitative estimate of drug-likeness (QED) is 0.876. The molecule has 2 N–H and O–H groups in total. The monoisotopic (exact) mass is 298 g/mol. The van der Waals surface area contributed by atoms with Gasteiger partial charge in [0.2, 0.25) is 10.0 Å². The lowest BCUT2D eigenvalue weighted by atomic mass is 9.93. The third-order valence-electron chi connectivity index (χ3n) is 3.54. The second-order valence-electron chi connectivity index (χ2n) is 5.31. The highest BCUT2D eigenvalue weighted by Gasteiger charge is 2.20. The van der Waals surface area contributed by atoms with Gasteiger partial charge in [-0.15, -0.1) is 0 Å². The topological polar surface area (TPSA) is 67.4 Å². The van der Waals surface area contributed by atoms with Crippen molar-refractivity contribution in [3.8, 4) is 0 Å². The number of nitrogens with one attached hydrogen (secondary N) is 2. The molecule has 5 nitrogen and oxygen atoms in total. The number of benzene rings is 1. The first-order valence-electron chi connectivity index (χ1n) is 6.83. The van der Waals surface area contributed by atoms with E-state index in [1.165, 1.54) is 0 Å². The van der Waals surface area contributed by atoms with Gasteiger partial charge in [0, 0.05) is 18.8 Å². The standard InChI is InChI=1S/C14H22N2O3S/c1-19-14-8-6-11(7-9-14)15-12-4-3-5-13(10-12)16-20(2,17)18/h3-5,10-11,14-16H,6-9H2,1-2H3. The Morgan fingerprint density at radius 1 is 1.15 bits per heavy atom. The van der Waals surface area contributed by atoms with Crippen LogP contribution in [0, 0.1) is 0 Å². The molecule has 1 saturated carbocycles. The smallest absolute Gasteiger partial charge is 0.229 e. The van der Waals surface area contributed by atoms with Gasteiger partial charge in [0.15, 0.2) is 0 Å². The lowest BCUT2D eigenvalue weighted by molar-refractivity contribution is 0.0682. The molecular weight excluding hydrogens is 276 g/mol. The second kappa shape index (κ2) is 6.45. The minimum Gasteiger partial charge on any atom is -0.382 e. The van der Waals surface area contributed by atoms with Gasteiger partial charge in [-0.3, -0.25) is 4.72 Å². The zero-order chi connectivity index (χ0) is 14.6. The molecule has 2 rings (SSSR count). The molecule has 1 aliphatic carbocycles. The SMILES string of the molecule is COC1CCC(Nc2cccc(NS(C)(=O)=O)c2)CC1. The van der Waals surface area contributed by atoms with Gasteiger partial charge in [0.25, 0.3) is 0 Å². The number of hydrogen-bond donors (Lipinski definition) is 2. The van der Waals surface area contributed by atoms with E-state index in [2.05, 4.69) is 10.0 Å². The lowest BCUT2D eigenvalue weighted by Crippen LogP contribution is -2.29. The number of sulfonamides is 1. The molecule has 6 heteroatoms. The van der Waals surface area contributed by atoms with Gasteiger partial charge in [0.05, 0.1) is 18.0 Å². The van der Waals surface area contributed by atoms with E-state index < -0.39 is 10.0 Å². The lowest BCUT2D eigenvalue weighted by Gasteiger charge is -2.29. The Hall–Kier alpha value is -1.27. The van der Waals surface area contributed by atoms with E-state index in [1.807, 2.05) is 18.2 Å². The number of ether oxygens (including phenoxy) is 1. The molecule has 112 valence electrons. The Morgan fingerprint density at radius 3 is 2.40 bits per heavy atom. The molecule has 1 aliphatic rings. The van der Waals surface area contributed by atoms with E-state index in [9.17, 15) is 8.42 Å².